The first-order valence-electron chi connectivity index (χ1n) is 8.57. The highest BCUT2D eigenvalue weighted by atomic mass is 19.1. The summed E-state index contributed by atoms with van der Waals surface area (Å²) >= 11 is 0. The van der Waals surface area contributed by atoms with Crippen molar-refractivity contribution in [3.05, 3.63) is 30.1 Å². The van der Waals surface area contributed by atoms with Crippen LogP contribution < -0.4 is 5.32 Å². The molecule has 0 spiro atoms. The van der Waals surface area contributed by atoms with E-state index < -0.39 is 54.0 Å². The predicted molar refractivity (Wildman–Crippen MR) is 87.6 cm³/mol. The molecule has 3 aliphatic rings. The van der Waals surface area contributed by atoms with Crippen LogP contribution in [0.4, 0.5) is 10.1 Å². The summed E-state index contributed by atoms with van der Waals surface area (Å²) in [7, 11) is 0. The first-order chi connectivity index (χ1) is 12.1. The summed E-state index contributed by atoms with van der Waals surface area (Å²) in [6.07, 6.45) is -3.43. The SMILES string of the molecule is CC1(C)O[C@@H]2O[C@H](C(=O)Nc3cccc(F)c3)[C@@H]3OC(C)(C)O[C@H]3[C@@H]2O1. The average Bonchev–Trinajstić information content (AvgIpc) is 3.00. The van der Waals surface area contributed by atoms with E-state index in [1.807, 2.05) is 0 Å². The average molecular weight is 367 g/mol. The van der Waals surface area contributed by atoms with Crippen molar-refractivity contribution in [2.24, 2.45) is 0 Å². The van der Waals surface area contributed by atoms with Crippen LogP contribution in [-0.2, 0) is 28.5 Å². The van der Waals surface area contributed by atoms with Gasteiger partial charge in [0.25, 0.3) is 5.91 Å². The van der Waals surface area contributed by atoms with Gasteiger partial charge in [-0.2, -0.15) is 0 Å². The molecule has 0 aliphatic carbocycles. The molecule has 0 radical (unpaired) electrons. The normalized spacial score (nSPS) is 37.0. The molecule has 142 valence electrons. The lowest BCUT2D eigenvalue weighted by Gasteiger charge is -2.36. The van der Waals surface area contributed by atoms with Gasteiger partial charge in [0.05, 0.1) is 0 Å². The van der Waals surface area contributed by atoms with E-state index >= 15 is 0 Å². The van der Waals surface area contributed by atoms with E-state index in [1.165, 1.54) is 18.2 Å². The molecule has 26 heavy (non-hydrogen) atoms. The molecule has 0 aromatic heterocycles. The number of hydrogen-bond acceptors (Lipinski definition) is 6. The third-order valence-corrected chi connectivity index (χ3v) is 4.51. The van der Waals surface area contributed by atoms with Crippen molar-refractivity contribution in [3.63, 3.8) is 0 Å². The highest BCUT2D eigenvalue weighted by Crippen LogP contribution is 2.44. The zero-order chi connectivity index (χ0) is 18.7. The maximum atomic E-state index is 13.4. The van der Waals surface area contributed by atoms with Gasteiger partial charge >= 0.3 is 0 Å². The van der Waals surface area contributed by atoms with Crippen LogP contribution in [0.15, 0.2) is 24.3 Å². The van der Waals surface area contributed by atoms with Crippen molar-refractivity contribution in [2.45, 2.75) is 70.0 Å². The Morgan fingerprint density at radius 3 is 2.38 bits per heavy atom. The fourth-order valence-electron chi connectivity index (χ4n) is 3.60. The molecule has 0 bridgehead atoms. The van der Waals surface area contributed by atoms with Crippen LogP contribution in [0.25, 0.3) is 0 Å². The van der Waals surface area contributed by atoms with E-state index in [4.69, 9.17) is 23.7 Å². The number of carbonyl (C=O) groups is 1. The lowest BCUT2D eigenvalue weighted by atomic mass is 9.98. The maximum absolute atomic E-state index is 13.4. The summed E-state index contributed by atoms with van der Waals surface area (Å²) in [5.41, 5.74) is 0.333. The predicted octanol–water partition coefficient (Wildman–Crippen LogP) is 2.16. The molecular formula is C18H22FNO6. The van der Waals surface area contributed by atoms with Gasteiger partial charge in [0.15, 0.2) is 24.0 Å². The number of rotatable bonds is 2. The Kier molecular flexibility index (Phi) is 4.09. The number of anilines is 1. The highest BCUT2D eigenvalue weighted by Gasteiger charge is 2.62. The van der Waals surface area contributed by atoms with E-state index in [2.05, 4.69) is 5.32 Å². The molecule has 1 aromatic rings. The van der Waals surface area contributed by atoms with Crippen LogP contribution in [0.2, 0.25) is 0 Å². The second-order valence-corrected chi connectivity index (χ2v) is 7.59. The number of carbonyl (C=O) groups excluding carboxylic acids is 1. The molecule has 0 saturated carbocycles. The third-order valence-electron chi connectivity index (χ3n) is 4.51. The summed E-state index contributed by atoms with van der Waals surface area (Å²) in [6, 6.07) is 5.64. The zero-order valence-corrected chi connectivity index (χ0v) is 15.0. The summed E-state index contributed by atoms with van der Waals surface area (Å²) < 4.78 is 42.8. The lowest BCUT2D eigenvalue weighted by Crippen LogP contribution is -2.58. The third kappa shape index (κ3) is 3.23. The first-order valence-corrected chi connectivity index (χ1v) is 8.57. The quantitative estimate of drug-likeness (QED) is 0.863. The second-order valence-electron chi connectivity index (χ2n) is 7.59. The molecular weight excluding hydrogens is 345 g/mol. The Labute approximate surface area is 150 Å². The number of nitrogens with one attached hydrogen (secondary N) is 1. The topological polar surface area (TPSA) is 75.3 Å². The van der Waals surface area contributed by atoms with E-state index in [1.54, 1.807) is 33.8 Å². The molecule has 3 saturated heterocycles. The van der Waals surface area contributed by atoms with Gasteiger partial charge < -0.3 is 29.0 Å². The number of halogens is 1. The number of ether oxygens (including phenoxy) is 5. The van der Waals surface area contributed by atoms with Crippen molar-refractivity contribution in [2.75, 3.05) is 5.32 Å². The van der Waals surface area contributed by atoms with Gasteiger partial charge in [-0.3, -0.25) is 4.79 Å². The molecule has 8 heteroatoms. The number of hydrogen-bond donors (Lipinski definition) is 1. The molecule has 5 atom stereocenters. The minimum Gasteiger partial charge on any atom is -0.342 e. The van der Waals surface area contributed by atoms with Gasteiger partial charge in [-0.15, -0.1) is 0 Å². The van der Waals surface area contributed by atoms with Gasteiger partial charge in [-0.1, -0.05) is 6.07 Å². The van der Waals surface area contributed by atoms with E-state index in [0.29, 0.717) is 5.69 Å². The standard InChI is InChI=1S/C18H22FNO6/c1-17(2)23-11-12(24-17)14-16(26-18(3,4)25-14)22-13(11)15(21)20-10-7-5-6-9(19)8-10/h5-8,11-14,16H,1-4H3,(H,20,21)/t11-,12-,13+,14+,16+/m1/s1. The lowest BCUT2D eigenvalue weighted by molar-refractivity contribution is -0.229. The summed E-state index contributed by atoms with van der Waals surface area (Å²) in [5, 5.41) is 2.66. The minimum atomic E-state index is -0.983. The summed E-state index contributed by atoms with van der Waals surface area (Å²) in [5.74, 6) is -2.65. The highest BCUT2D eigenvalue weighted by molar-refractivity contribution is 5.94. The van der Waals surface area contributed by atoms with Crippen molar-refractivity contribution >= 4 is 11.6 Å². The fourth-order valence-corrected chi connectivity index (χ4v) is 3.60. The Balaban J connectivity index is 1.58. The second kappa shape index (κ2) is 5.97. The van der Waals surface area contributed by atoms with Crippen LogP contribution >= 0.6 is 0 Å². The van der Waals surface area contributed by atoms with E-state index in [-0.39, 0.29) is 0 Å². The molecule has 0 unspecified atom stereocenters. The summed E-state index contributed by atoms with van der Waals surface area (Å²) in [6.45, 7) is 7.07. The van der Waals surface area contributed by atoms with Crippen LogP contribution in [0.1, 0.15) is 27.7 Å². The fraction of sp³-hybridized carbons (Fsp3) is 0.611. The molecule has 3 fully saturated rings. The van der Waals surface area contributed by atoms with Crippen LogP contribution in [0.3, 0.4) is 0 Å². The Morgan fingerprint density at radius 1 is 1.00 bits per heavy atom. The van der Waals surface area contributed by atoms with Gasteiger partial charge in [0.1, 0.15) is 24.1 Å². The molecule has 3 heterocycles. The minimum absolute atomic E-state index is 0.333. The van der Waals surface area contributed by atoms with E-state index in [9.17, 15) is 9.18 Å². The van der Waals surface area contributed by atoms with Crippen molar-refractivity contribution in [1.82, 2.24) is 0 Å². The van der Waals surface area contributed by atoms with Crippen molar-refractivity contribution in [1.29, 1.82) is 0 Å². The van der Waals surface area contributed by atoms with Crippen molar-refractivity contribution < 1.29 is 32.9 Å². The Hall–Kier alpha value is -1.58. The van der Waals surface area contributed by atoms with E-state index in [0.717, 1.165) is 0 Å². The van der Waals surface area contributed by atoms with Gasteiger partial charge in [-0.05, 0) is 45.9 Å². The maximum Gasteiger partial charge on any atom is 0.256 e. The van der Waals surface area contributed by atoms with Crippen LogP contribution in [-0.4, -0.2) is 48.2 Å². The van der Waals surface area contributed by atoms with Gasteiger partial charge in [0.2, 0.25) is 0 Å². The molecule has 1 N–H and O–H groups in total. The van der Waals surface area contributed by atoms with Gasteiger partial charge in [-0.25, -0.2) is 4.39 Å². The van der Waals surface area contributed by atoms with Crippen molar-refractivity contribution in [3.8, 4) is 0 Å². The Morgan fingerprint density at radius 2 is 1.65 bits per heavy atom. The van der Waals surface area contributed by atoms with Gasteiger partial charge in [0, 0.05) is 5.69 Å². The van der Waals surface area contributed by atoms with Crippen LogP contribution in [0, 0.1) is 5.82 Å². The number of fused-ring (bicyclic) bond motifs is 3. The largest absolute Gasteiger partial charge is 0.342 e. The number of benzene rings is 1. The molecule has 1 amide bonds. The number of amides is 1. The first kappa shape index (κ1) is 17.8. The zero-order valence-electron chi connectivity index (χ0n) is 15.0. The monoisotopic (exact) mass is 367 g/mol. The van der Waals surface area contributed by atoms with Crippen LogP contribution in [0.5, 0.6) is 0 Å². The Bertz CT molecular complexity index is 723. The molecule has 3 aliphatic heterocycles. The smallest absolute Gasteiger partial charge is 0.256 e. The molecule has 4 rings (SSSR count). The summed E-state index contributed by atoms with van der Waals surface area (Å²) in [4.78, 5) is 12.8. The molecule has 7 nitrogen and oxygen atoms in total. The molecule has 1 aromatic carbocycles.